The average Bonchev–Trinajstić information content (AvgIpc) is 3.39. The van der Waals surface area contributed by atoms with Gasteiger partial charge in [0.25, 0.3) is 0 Å². The SMILES string of the molecule is Cc1cc(C)cc(N2C(=S)N[C@H](c3ccccn3)[C@H]2c2ccc(-c3ccc(Br)cc3)o2)c1. The Morgan fingerprint density at radius 1 is 0.969 bits per heavy atom. The van der Waals surface area contributed by atoms with Crippen LogP contribution in [0.4, 0.5) is 5.69 Å². The third-order valence-electron chi connectivity index (χ3n) is 5.63. The minimum absolute atomic E-state index is 0.131. The van der Waals surface area contributed by atoms with E-state index in [2.05, 4.69) is 63.2 Å². The fraction of sp³-hybridized carbons (Fsp3) is 0.154. The number of benzene rings is 2. The van der Waals surface area contributed by atoms with Crippen LogP contribution in [0.15, 0.2) is 87.9 Å². The second kappa shape index (κ2) is 8.52. The molecule has 2 aromatic heterocycles. The van der Waals surface area contributed by atoms with Crippen molar-refractivity contribution in [2.24, 2.45) is 0 Å². The van der Waals surface area contributed by atoms with Gasteiger partial charge in [-0.1, -0.05) is 40.2 Å². The Morgan fingerprint density at radius 2 is 1.72 bits per heavy atom. The van der Waals surface area contributed by atoms with E-state index in [-0.39, 0.29) is 12.1 Å². The molecule has 4 aromatic rings. The Kier molecular flexibility index (Phi) is 5.57. The molecule has 5 rings (SSSR count). The molecular weight excluding hydrogens is 482 g/mol. The molecule has 1 fully saturated rings. The zero-order valence-electron chi connectivity index (χ0n) is 17.7. The number of furan rings is 1. The number of nitrogens with zero attached hydrogens (tertiary/aromatic N) is 2. The van der Waals surface area contributed by atoms with Crippen LogP contribution in [0.25, 0.3) is 11.3 Å². The number of aromatic nitrogens is 1. The van der Waals surface area contributed by atoms with Crippen LogP contribution in [-0.4, -0.2) is 10.1 Å². The lowest BCUT2D eigenvalue weighted by Crippen LogP contribution is -2.29. The van der Waals surface area contributed by atoms with Crippen molar-refractivity contribution < 1.29 is 4.42 Å². The molecule has 1 aliphatic rings. The molecule has 160 valence electrons. The van der Waals surface area contributed by atoms with Gasteiger partial charge in [-0.3, -0.25) is 4.98 Å². The lowest BCUT2D eigenvalue weighted by molar-refractivity contribution is 0.439. The van der Waals surface area contributed by atoms with E-state index in [9.17, 15) is 0 Å². The summed E-state index contributed by atoms with van der Waals surface area (Å²) in [5, 5.41) is 4.16. The second-order valence-electron chi connectivity index (χ2n) is 8.05. The standard InChI is InChI=1S/C26H22BrN3OS/c1-16-13-17(2)15-20(14-16)30-25(24(29-26(30)32)21-5-3-4-12-28-21)23-11-10-22(31-23)18-6-8-19(27)9-7-18/h3-15,24-25H,1-2H3,(H,29,32)/t24-,25-/m1/s1. The Bertz CT molecular complexity index is 1250. The largest absolute Gasteiger partial charge is 0.459 e. The van der Waals surface area contributed by atoms with Crippen LogP contribution >= 0.6 is 28.1 Å². The monoisotopic (exact) mass is 503 g/mol. The van der Waals surface area contributed by atoms with E-state index in [1.807, 2.05) is 60.8 Å². The molecule has 1 N–H and O–H groups in total. The van der Waals surface area contributed by atoms with Crippen LogP contribution in [0.2, 0.25) is 0 Å². The number of halogens is 1. The van der Waals surface area contributed by atoms with Crippen LogP contribution in [0.3, 0.4) is 0 Å². The first-order chi connectivity index (χ1) is 15.5. The summed E-state index contributed by atoms with van der Waals surface area (Å²) in [5.41, 5.74) is 5.38. The molecule has 0 spiro atoms. The Labute approximate surface area is 201 Å². The third kappa shape index (κ3) is 3.96. The fourth-order valence-electron chi connectivity index (χ4n) is 4.29. The topological polar surface area (TPSA) is 41.3 Å². The summed E-state index contributed by atoms with van der Waals surface area (Å²) >= 11 is 9.31. The van der Waals surface area contributed by atoms with Gasteiger partial charge in [-0.15, -0.1) is 0 Å². The van der Waals surface area contributed by atoms with Crippen molar-refractivity contribution in [3.8, 4) is 11.3 Å². The summed E-state index contributed by atoms with van der Waals surface area (Å²) < 4.78 is 7.46. The van der Waals surface area contributed by atoms with E-state index in [0.29, 0.717) is 5.11 Å². The van der Waals surface area contributed by atoms with Crippen LogP contribution in [0.5, 0.6) is 0 Å². The first-order valence-corrected chi connectivity index (χ1v) is 11.6. The first kappa shape index (κ1) is 20.9. The van der Waals surface area contributed by atoms with Crippen molar-refractivity contribution in [1.82, 2.24) is 10.3 Å². The summed E-state index contributed by atoms with van der Waals surface area (Å²) in [4.78, 5) is 6.76. The Balaban J connectivity index is 1.61. The van der Waals surface area contributed by atoms with Gasteiger partial charge in [0.2, 0.25) is 0 Å². The van der Waals surface area contributed by atoms with Crippen molar-refractivity contribution in [3.63, 3.8) is 0 Å². The Hall–Kier alpha value is -2.96. The molecule has 0 radical (unpaired) electrons. The Morgan fingerprint density at radius 3 is 2.41 bits per heavy atom. The maximum Gasteiger partial charge on any atom is 0.174 e. The number of rotatable bonds is 4. The van der Waals surface area contributed by atoms with E-state index >= 15 is 0 Å². The molecular formula is C26H22BrN3OS. The van der Waals surface area contributed by atoms with E-state index in [1.54, 1.807) is 0 Å². The number of anilines is 1. The van der Waals surface area contributed by atoms with Crippen molar-refractivity contribution in [1.29, 1.82) is 0 Å². The quantitative estimate of drug-likeness (QED) is 0.306. The first-order valence-electron chi connectivity index (χ1n) is 10.4. The highest BCUT2D eigenvalue weighted by atomic mass is 79.9. The van der Waals surface area contributed by atoms with Crippen LogP contribution in [-0.2, 0) is 0 Å². The highest BCUT2D eigenvalue weighted by molar-refractivity contribution is 9.10. The number of hydrogen-bond acceptors (Lipinski definition) is 3. The molecule has 0 saturated carbocycles. The summed E-state index contributed by atoms with van der Waals surface area (Å²) in [6.45, 7) is 4.21. The molecule has 0 aliphatic carbocycles. The normalized spacial score (nSPS) is 18.1. The molecule has 1 aliphatic heterocycles. The molecule has 2 aromatic carbocycles. The van der Waals surface area contributed by atoms with Gasteiger partial charge in [0.05, 0.1) is 11.7 Å². The molecule has 0 amide bonds. The van der Waals surface area contributed by atoms with Crippen molar-refractivity contribution in [2.75, 3.05) is 4.90 Å². The van der Waals surface area contributed by atoms with Gasteiger partial charge in [0.15, 0.2) is 5.11 Å². The molecule has 0 bridgehead atoms. The van der Waals surface area contributed by atoms with E-state index in [1.165, 1.54) is 11.1 Å². The van der Waals surface area contributed by atoms with Crippen LogP contribution in [0, 0.1) is 13.8 Å². The predicted molar refractivity (Wildman–Crippen MR) is 136 cm³/mol. The third-order valence-corrected chi connectivity index (χ3v) is 6.47. The molecule has 6 heteroatoms. The summed E-state index contributed by atoms with van der Waals surface area (Å²) in [5.74, 6) is 1.66. The minimum Gasteiger partial charge on any atom is -0.459 e. The van der Waals surface area contributed by atoms with Gasteiger partial charge in [-0.2, -0.15) is 0 Å². The molecule has 3 heterocycles. The lowest BCUT2D eigenvalue weighted by Gasteiger charge is -2.26. The van der Waals surface area contributed by atoms with Gasteiger partial charge >= 0.3 is 0 Å². The van der Waals surface area contributed by atoms with Gasteiger partial charge < -0.3 is 14.6 Å². The summed E-state index contributed by atoms with van der Waals surface area (Å²) in [7, 11) is 0. The van der Waals surface area contributed by atoms with Gasteiger partial charge in [-0.05, 0) is 85.7 Å². The van der Waals surface area contributed by atoms with Crippen LogP contribution < -0.4 is 10.2 Å². The summed E-state index contributed by atoms with van der Waals surface area (Å²) in [6.07, 6.45) is 1.81. The smallest absolute Gasteiger partial charge is 0.174 e. The van der Waals surface area contributed by atoms with Gasteiger partial charge in [-0.25, -0.2) is 0 Å². The second-order valence-corrected chi connectivity index (χ2v) is 9.35. The van der Waals surface area contributed by atoms with E-state index in [0.717, 1.165) is 32.9 Å². The number of nitrogens with one attached hydrogen (secondary N) is 1. The molecule has 0 unspecified atom stereocenters. The molecule has 32 heavy (non-hydrogen) atoms. The maximum atomic E-state index is 6.42. The highest BCUT2D eigenvalue weighted by Gasteiger charge is 2.42. The average molecular weight is 504 g/mol. The number of pyridine rings is 1. The molecule has 4 nitrogen and oxygen atoms in total. The zero-order valence-corrected chi connectivity index (χ0v) is 20.2. The van der Waals surface area contributed by atoms with E-state index in [4.69, 9.17) is 16.6 Å². The predicted octanol–water partition coefficient (Wildman–Crippen LogP) is 6.90. The number of aryl methyl sites for hydroxylation is 2. The minimum atomic E-state index is -0.164. The summed E-state index contributed by atoms with van der Waals surface area (Å²) in [6, 6.07) is 24.3. The van der Waals surface area contributed by atoms with Crippen LogP contribution in [0.1, 0.15) is 34.7 Å². The van der Waals surface area contributed by atoms with E-state index < -0.39 is 0 Å². The molecule has 1 saturated heterocycles. The number of hydrogen-bond donors (Lipinski definition) is 1. The van der Waals surface area contributed by atoms with Crippen molar-refractivity contribution in [2.45, 2.75) is 25.9 Å². The lowest BCUT2D eigenvalue weighted by atomic mass is 10.0. The maximum absolute atomic E-state index is 6.42. The van der Waals surface area contributed by atoms with Crippen molar-refractivity contribution in [3.05, 3.63) is 106 Å². The van der Waals surface area contributed by atoms with Gasteiger partial charge in [0.1, 0.15) is 17.6 Å². The van der Waals surface area contributed by atoms with Gasteiger partial charge in [0, 0.05) is 21.9 Å². The fourth-order valence-corrected chi connectivity index (χ4v) is 4.90. The number of thiocarbonyl (C=S) groups is 1. The highest BCUT2D eigenvalue weighted by Crippen LogP contribution is 2.43. The molecule has 2 atom stereocenters. The van der Waals surface area contributed by atoms with Crippen molar-refractivity contribution >= 4 is 38.9 Å². The zero-order chi connectivity index (χ0) is 22.2.